The number of nitrogens with zero attached hydrogens (tertiary/aromatic N) is 2. The highest BCUT2D eigenvalue weighted by atomic mass is 35.5. The SMILES string of the molecule is CCNC(c1cc(F)c(F)c(F)c1)c1c(Cl)cnn1C. The first-order valence-electron chi connectivity index (χ1n) is 6.01. The molecule has 1 aromatic heterocycles. The quantitative estimate of drug-likeness (QED) is 0.879. The second-order valence-electron chi connectivity index (χ2n) is 4.29. The van der Waals surface area contributed by atoms with Gasteiger partial charge in [-0.25, -0.2) is 13.2 Å². The van der Waals surface area contributed by atoms with Crippen LogP contribution in [-0.2, 0) is 7.05 Å². The third-order valence-corrected chi connectivity index (χ3v) is 3.25. The van der Waals surface area contributed by atoms with Gasteiger partial charge in [0, 0.05) is 7.05 Å². The first-order valence-corrected chi connectivity index (χ1v) is 6.38. The molecule has 0 aliphatic heterocycles. The fraction of sp³-hybridized carbons (Fsp3) is 0.308. The zero-order valence-corrected chi connectivity index (χ0v) is 11.7. The van der Waals surface area contributed by atoms with E-state index in [0.717, 1.165) is 12.1 Å². The van der Waals surface area contributed by atoms with E-state index in [2.05, 4.69) is 10.4 Å². The zero-order chi connectivity index (χ0) is 14.9. The molecule has 2 rings (SSSR count). The van der Waals surface area contributed by atoms with Gasteiger partial charge in [0.05, 0.1) is 23.0 Å². The summed E-state index contributed by atoms with van der Waals surface area (Å²) in [5, 5.41) is 7.41. The number of benzene rings is 1. The van der Waals surface area contributed by atoms with Gasteiger partial charge < -0.3 is 5.32 Å². The molecule has 20 heavy (non-hydrogen) atoms. The number of aryl methyl sites for hydroxylation is 1. The highest BCUT2D eigenvalue weighted by molar-refractivity contribution is 6.31. The van der Waals surface area contributed by atoms with Gasteiger partial charge in [0.15, 0.2) is 17.5 Å². The smallest absolute Gasteiger partial charge is 0.194 e. The van der Waals surface area contributed by atoms with E-state index < -0.39 is 23.5 Å². The molecule has 108 valence electrons. The van der Waals surface area contributed by atoms with Crippen molar-refractivity contribution in [3.8, 4) is 0 Å². The number of aromatic nitrogens is 2. The monoisotopic (exact) mass is 303 g/mol. The van der Waals surface area contributed by atoms with Gasteiger partial charge in [-0.1, -0.05) is 18.5 Å². The minimum absolute atomic E-state index is 0.244. The van der Waals surface area contributed by atoms with E-state index in [1.54, 1.807) is 7.05 Å². The van der Waals surface area contributed by atoms with E-state index in [1.807, 2.05) is 6.92 Å². The normalized spacial score (nSPS) is 12.7. The van der Waals surface area contributed by atoms with Crippen LogP contribution in [-0.4, -0.2) is 16.3 Å². The van der Waals surface area contributed by atoms with Crippen molar-refractivity contribution in [1.82, 2.24) is 15.1 Å². The van der Waals surface area contributed by atoms with E-state index in [-0.39, 0.29) is 5.56 Å². The number of hydrogen-bond acceptors (Lipinski definition) is 2. The first kappa shape index (κ1) is 14.9. The van der Waals surface area contributed by atoms with E-state index >= 15 is 0 Å². The Labute approximate surface area is 119 Å². The maximum atomic E-state index is 13.4. The van der Waals surface area contributed by atoms with Crippen molar-refractivity contribution in [3.05, 3.63) is 52.1 Å². The van der Waals surface area contributed by atoms with Crippen LogP contribution in [0.4, 0.5) is 13.2 Å². The molecule has 0 bridgehead atoms. The predicted octanol–water partition coefficient (Wildman–Crippen LogP) is 3.19. The van der Waals surface area contributed by atoms with Crippen LogP contribution in [0.15, 0.2) is 18.3 Å². The Hall–Kier alpha value is -1.53. The standard InChI is InChI=1S/C13H13ClF3N3/c1-3-18-12(13-8(14)6-19-20(13)2)7-4-9(15)11(17)10(16)5-7/h4-6,12,18H,3H2,1-2H3. The molecule has 0 fully saturated rings. The van der Waals surface area contributed by atoms with Gasteiger partial charge in [0.2, 0.25) is 0 Å². The van der Waals surface area contributed by atoms with Crippen molar-refractivity contribution < 1.29 is 13.2 Å². The fourth-order valence-electron chi connectivity index (χ4n) is 2.06. The lowest BCUT2D eigenvalue weighted by molar-refractivity contribution is 0.441. The molecule has 0 spiro atoms. The lowest BCUT2D eigenvalue weighted by atomic mass is 10.0. The molecule has 0 amide bonds. The molecular formula is C13H13ClF3N3. The topological polar surface area (TPSA) is 29.9 Å². The highest BCUT2D eigenvalue weighted by Gasteiger charge is 2.23. The molecule has 1 atom stereocenters. The summed E-state index contributed by atoms with van der Waals surface area (Å²) in [5.41, 5.74) is 0.799. The molecule has 0 saturated carbocycles. The fourth-order valence-corrected chi connectivity index (χ4v) is 2.34. The molecule has 0 aliphatic rings. The second-order valence-corrected chi connectivity index (χ2v) is 4.70. The van der Waals surface area contributed by atoms with Gasteiger partial charge in [0.1, 0.15) is 0 Å². The Morgan fingerprint density at radius 1 is 1.30 bits per heavy atom. The summed E-state index contributed by atoms with van der Waals surface area (Å²) in [6, 6.07) is 1.33. The lowest BCUT2D eigenvalue weighted by Crippen LogP contribution is -2.25. The molecule has 0 saturated heterocycles. The van der Waals surface area contributed by atoms with Crippen LogP contribution < -0.4 is 5.32 Å². The summed E-state index contributed by atoms with van der Waals surface area (Å²) < 4.78 is 41.3. The van der Waals surface area contributed by atoms with E-state index in [0.29, 0.717) is 17.3 Å². The summed E-state index contributed by atoms with van der Waals surface area (Å²) in [6.07, 6.45) is 1.44. The minimum atomic E-state index is -1.49. The van der Waals surface area contributed by atoms with Gasteiger partial charge in [-0.05, 0) is 24.2 Å². The Balaban J connectivity index is 2.54. The highest BCUT2D eigenvalue weighted by Crippen LogP contribution is 2.29. The maximum Gasteiger partial charge on any atom is 0.194 e. The summed E-state index contributed by atoms with van der Waals surface area (Å²) in [7, 11) is 1.67. The van der Waals surface area contributed by atoms with E-state index in [4.69, 9.17) is 11.6 Å². The van der Waals surface area contributed by atoms with Gasteiger partial charge in [-0.2, -0.15) is 5.10 Å². The van der Waals surface area contributed by atoms with Crippen LogP contribution in [0.1, 0.15) is 24.2 Å². The Morgan fingerprint density at radius 3 is 2.35 bits per heavy atom. The molecular weight excluding hydrogens is 291 g/mol. The van der Waals surface area contributed by atoms with Crippen molar-refractivity contribution in [1.29, 1.82) is 0 Å². The lowest BCUT2D eigenvalue weighted by Gasteiger charge is -2.19. The second kappa shape index (κ2) is 5.85. The molecule has 2 aromatic rings. The average Bonchev–Trinajstić information content (AvgIpc) is 2.72. The van der Waals surface area contributed by atoms with Crippen molar-refractivity contribution in [2.45, 2.75) is 13.0 Å². The summed E-state index contributed by atoms with van der Waals surface area (Å²) in [5.74, 6) is -3.96. The number of hydrogen-bond donors (Lipinski definition) is 1. The largest absolute Gasteiger partial charge is 0.305 e. The van der Waals surface area contributed by atoms with Crippen LogP contribution in [0.3, 0.4) is 0 Å². The molecule has 0 aliphatic carbocycles. The van der Waals surface area contributed by atoms with E-state index in [1.165, 1.54) is 10.9 Å². The van der Waals surface area contributed by atoms with Gasteiger partial charge in [0.25, 0.3) is 0 Å². The summed E-state index contributed by atoms with van der Waals surface area (Å²) >= 11 is 6.05. The van der Waals surface area contributed by atoms with Crippen molar-refractivity contribution in [2.24, 2.45) is 7.05 Å². The Morgan fingerprint density at radius 2 is 1.90 bits per heavy atom. The molecule has 1 unspecified atom stereocenters. The van der Waals surface area contributed by atoms with Gasteiger partial charge >= 0.3 is 0 Å². The molecule has 7 heteroatoms. The third-order valence-electron chi connectivity index (χ3n) is 2.96. The van der Waals surface area contributed by atoms with Crippen molar-refractivity contribution in [2.75, 3.05) is 6.54 Å². The maximum absolute atomic E-state index is 13.4. The Kier molecular flexibility index (Phi) is 4.35. The molecule has 3 nitrogen and oxygen atoms in total. The van der Waals surface area contributed by atoms with Crippen LogP contribution in [0, 0.1) is 17.5 Å². The van der Waals surface area contributed by atoms with Crippen molar-refractivity contribution in [3.63, 3.8) is 0 Å². The van der Waals surface area contributed by atoms with Gasteiger partial charge in [-0.15, -0.1) is 0 Å². The Bertz CT molecular complexity index is 585. The van der Waals surface area contributed by atoms with Crippen LogP contribution >= 0.6 is 11.6 Å². The predicted molar refractivity (Wildman–Crippen MR) is 70.1 cm³/mol. The number of halogens is 4. The van der Waals surface area contributed by atoms with Crippen molar-refractivity contribution >= 4 is 11.6 Å². The summed E-state index contributed by atoms with van der Waals surface area (Å²) in [4.78, 5) is 0. The van der Waals surface area contributed by atoms with Crippen LogP contribution in [0.5, 0.6) is 0 Å². The summed E-state index contributed by atoms with van der Waals surface area (Å²) in [6.45, 7) is 2.38. The average molecular weight is 304 g/mol. The molecule has 0 radical (unpaired) electrons. The number of rotatable bonds is 4. The minimum Gasteiger partial charge on any atom is -0.305 e. The van der Waals surface area contributed by atoms with Crippen LogP contribution in [0.2, 0.25) is 5.02 Å². The van der Waals surface area contributed by atoms with Gasteiger partial charge in [-0.3, -0.25) is 4.68 Å². The number of nitrogens with one attached hydrogen (secondary N) is 1. The third kappa shape index (κ3) is 2.66. The zero-order valence-electron chi connectivity index (χ0n) is 10.9. The van der Waals surface area contributed by atoms with E-state index in [9.17, 15) is 13.2 Å². The van der Waals surface area contributed by atoms with Crippen LogP contribution in [0.25, 0.3) is 0 Å². The molecule has 1 heterocycles. The first-order chi connectivity index (χ1) is 9.45. The molecule has 1 aromatic carbocycles. The molecule has 1 N–H and O–H groups in total.